The van der Waals surface area contributed by atoms with Gasteiger partial charge in [0.2, 0.25) is 10.0 Å². The molecule has 1 unspecified atom stereocenters. The average molecular weight is 407 g/mol. The molecule has 6 nitrogen and oxygen atoms in total. The van der Waals surface area contributed by atoms with Crippen LogP contribution in [-0.2, 0) is 19.6 Å². The molecule has 2 aromatic carbocycles. The van der Waals surface area contributed by atoms with E-state index in [2.05, 4.69) is 4.72 Å². The van der Waals surface area contributed by atoms with E-state index in [1.165, 1.54) is 18.2 Å². The highest BCUT2D eigenvalue weighted by Crippen LogP contribution is 2.28. The van der Waals surface area contributed by atoms with Gasteiger partial charge in [0, 0.05) is 5.02 Å². The van der Waals surface area contributed by atoms with Crippen molar-refractivity contribution in [2.75, 3.05) is 0 Å². The molecule has 2 aromatic rings. The molecule has 0 bridgehead atoms. The molecular weight excluding hydrogens is 388 g/mol. The Hall–Kier alpha value is -2.40. The van der Waals surface area contributed by atoms with Crippen molar-refractivity contribution in [2.45, 2.75) is 37.3 Å². The Bertz CT molecular complexity index is 968. The van der Waals surface area contributed by atoms with E-state index in [0.29, 0.717) is 10.6 Å². The molecule has 0 amide bonds. The molecule has 1 atom stereocenters. The van der Waals surface area contributed by atoms with Gasteiger partial charge in [-0.25, -0.2) is 13.1 Å². The number of esters is 1. The Morgan fingerprint density at radius 3 is 2.44 bits per heavy atom. The van der Waals surface area contributed by atoms with E-state index in [-0.39, 0.29) is 23.0 Å². The standard InChI is InChI=1S/C19H19ClN2O4S/c1-13(2)26-19(23)11-17(15-8-4-5-9-16(15)20)22-27(24,25)18-10-6-3-7-14(18)12-21/h3-10,13,17,22H,11H2,1-2H3. The number of carbonyl (C=O) groups excluding carboxylic acids is 1. The van der Waals surface area contributed by atoms with Crippen LogP contribution in [0.1, 0.15) is 37.4 Å². The molecule has 0 fully saturated rings. The van der Waals surface area contributed by atoms with Gasteiger partial charge in [0.15, 0.2) is 0 Å². The van der Waals surface area contributed by atoms with Gasteiger partial charge in [-0.2, -0.15) is 5.26 Å². The van der Waals surface area contributed by atoms with Crippen LogP contribution >= 0.6 is 11.6 Å². The lowest BCUT2D eigenvalue weighted by Crippen LogP contribution is -2.31. The second kappa shape index (κ2) is 9.00. The van der Waals surface area contributed by atoms with Crippen LogP contribution in [0.2, 0.25) is 5.02 Å². The number of benzene rings is 2. The van der Waals surface area contributed by atoms with Gasteiger partial charge in [0.25, 0.3) is 0 Å². The largest absolute Gasteiger partial charge is 0.463 e. The quantitative estimate of drug-likeness (QED) is 0.709. The number of hydrogen-bond donors (Lipinski definition) is 1. The summed E-state index contributed by atoms with van der Waals surface area (Å²) in [7, 11) is -4.08. The summed E-state index contributed by atoms with van der Waals surface area (Å²) in [5.74, 6) is -0.564. The van der Waals surface area contributed by atoms with Gasteiger partial charge in [-0.15, -0.1) is 0 Å². The van der Waals surface area contributed by atoms with Crippen molar-refractivity contribution in [2.24, 2.45) is 0 Å². The number of hydrogen-bond acceptors (Lipinski definition) is 5. The molecule has 0 spiro atoms. The van der Waals surface area contributed by atoms with Crippen molar-refractivity contribution in [3.05, 3.63) is 64.7 Å². The number of nitriles is 1. The Kier molecular flexibility index (Phi) is 6.97. The zero-order chi connectivity index (χ0) is 20.0. The fraction of sp³-hybridized carbons (Fsp3) is 0.263. The summed E-state index contributed by atoms with van der Waals surface area (Å²) >= 11 is 6.20. The molecule has 0 aliphatic carbocycles. The maximum Gasteiger partial charge on any atom is 0.308 e. The van der Waals surface area contributed by atoms with Crippen LogP contribution in [0, 0.1) is 11.3 Å². The Balaban J connectivity index is 2.41. The number of nitrogens with one attached hydrogen (secondary N) is 1. The van der Waals surface area contributed by atoms with Crippen molar-refractivity contribution >= 4 is 27.6 Å². The lowest BCUT2D eigenvalue weighted by Gasteiger charge is -2.20. The highest BCUT2D eigenvalue weighted by Gasteiger charge is 2.27. The molecule has 27 heavy (non-hydrogen) atoms. The van der Waals surface area contributed by atoms with Crippen molar-refractivity contribution in [3.8, 4) is 6.07 Å². The first-order valence-corrected chi connectivity index (χ1v) is 10.1. The van der Waals surface area contributed by atoms with Crippen LogP contribution in [0.5, 0.6) is 0 Å². The van der Waals surface area contributed by atoms with Crippen LogP contribution < -0.4 is 4.72 Å². The Labute approximate surface area is 163 Å². The number of halogens is 1. The van der Waals surface area contributed by atoms with Gasteiger partial charge in [-0.1, -0.05) is 41.9 Å². The molecule has 142 valence electrons. The molecule has 0 heterocycles. The maximum absolute atomic E-state index is 12.9. The first kappa shape index (κ1) is 20.9. The number of carbonyl (C=O) groups is 1. The summed E-state index contributed by atoms with van der Waals surface area (Å²) in [5.41, 5.74) is 0.450. The van der Waals surface area contributed by atoms with Crippen molar-refractivity contribution in [1.29, 1.82) is 5.26 Å². The fourth-order valence-electron chi connectivity index (χ4n) is 2.49. The zero-order valence-corrected chi connectivity index (χ0v) is 16.4. The van der Waals surface area contributed by atoms with Gasteiger partial charge < -0.3 is 4.74 Å². The zero-order valence-electron chi connectivity index (χ0n) is 14.8. The summed E-state index contributed by atoms with van der Waals surface area (Å²) in [4.78, 5) is 12.0. The Morgan fingerprint density at radius 2 is 1.81 bits per heavy atom. The monoisotopic (exact) mass is 406 g/mol. The SMILES string of the molecule is CC(C)OC(=O)CC(NS(=O)(=O)c1ccccc1C#N)c1ccccc1Cl. The van der Waals surface area contributed by atoms with Gasteiger partial charge in [0.1, 0.15) is 6.07 Å². The second-order valence-corrected chi connectivity index (χ2v) is 8.14. The lowest BCUT2D eigenvalue weighted by molar-refractivity contribution is -0.147. The van der Waals surface area contributed by atoms with Crippen molar-refractivity contribution < 1.29 is 17.9 Å². The third-order valence-electron chi connectivity index (χ3n) is 3.61. The van der Waals surface area contributed by atoms with E-state index >= 15 is 0 Å². The van der Waals surface area contributed by atoms with Gasteiger partial charge in [-0.05, 0) is 37.6 Å². The highest BCUT2D eigenvalue weighted by atomic mass is 35.5. The molecule has 0 aliphatic rings. The molecule has 0 radical (unpaired) electrons. The van der Waals surface area contributed by atoms with Crippen LogP contribution in [0.4, 0.5) is 0 Å². The van der Waals surface area contributed by atoms with E-state index in [4.69, 9.17) is 16.3 Å². The molecule has 2 rings (SSSR count). The van der Waals surface area contributed by atoms with Crippen molar-refractivity contribution in [3.63, 3.8) is 0 Å². The number of nitrogens with zero attached hydrogens (tertiary/aromatic N) is 1. The minimum atomic E-state index is -4.08. The van der Waals surface area contributed by atoms with E-state index in [0.717, 1.165) is 0 Å². The topological polar surface area (TPSA) is 96.3 Å². The normalized spacial score (nSPS) is 12.4. The van der Waals surface area contributed by atoms with Gasteiger partial charge in [0.05, 0.1) is 29.0 Å². The molecule has 1 N–H and O–H groups in total. The second-order valence-electron chi connectivity index (χ2n) is 6.05. The van der Waals surface area contributed by atoms with Crippen LogP contribution in [0.25, 0.3) is 0 Å². The molecular formula is C19H19ClN2O4S. The highest BCUT2D eigenvalue weighted by molar-refractivity contribution is 7.89. The maximum atomic E-state index is 12.9. The number of ether oxygens (including phenoxy) is 1. The predicted molar refractivity (Wildman–Crippen MR) is 102 cm³/mol. The third-order valence-corrected chi connectivity index (χ3v) is 5.49. The first-order chi connectivity index (χ1) is 12.7. The average Bonchev–Trinajstić information content (AvgIpc) is 2.60. The minimum Gasteiger partial charge on any atom is -0.463 e. The van der Waals surface area contributed by atoms with Crippen molar-refractivity contribution in [1.82, 2.24) is 4.72 Å². The Morgan fingerprint density at radius 1 is 1.19 bits per heavy atom. The van der Waals surface area contributed by atoms with Gasteiger partial charge >= 0.3 is 5.97 Å². The minimum absolute atomic E-state index is 0.00710. The summed E-state index contributed by atoms with van der Waals surface area (Å²) in [6.45, 7) is 3.41. The molecule has 0 saturated heterocycles. The predicted octanol–water partition coefficient (Wildman–Crippen LogP) is 3.57. The van der Waals surface area contributed by atoms with E-state index in [1.54, 1.807) is 44.2 Å². The first-order valence-electron chi connectivity index (χ1n) is 8.20. The summed E-state index contributed by atoms with van der Waals surface area (Å²) in [6.07, 6.45) is -0.573. The van der Waals surface area contributed by atoms with Crippen LogP contribution in [0.3, 0.4) is 0 Å². The molecule has 8 heteroatoms. The summed E-state index contributed by atoms with van der Waals surface area (Å²) < 4.78 is 33.3. The lowest BCUT2D eigenvalue weighted by atomic mass is 10.0. The fourth-order valence-corrected chi connectivity index (χ4v) is 4.13. The summed E-state index contributed by atoms with van der Waals surface area (Å²) in [5, 5.41) is 9.50. The smallest absolute Gasteiger partial charge is 0.308 e. The van der Waals surface area contributed by atoms with E-state index in [1.807, 2.05) is 6.07 Å². The summed E-state index contributed by atoms with van der Waals surface area (Å²) in [6, 6.07) is 13.4. The molecule has 0 aliphatic heterocycles. The molecule has 0 saturated carbocycles. The molecule has 0 aromatic heterocycles. The number of sulfonamides is 1. The van der Waals surface area contributed by atoms with E-state index < -0.39 is 22.0 Å². The number of rotatable bonds is 7. The van der Waals surface area contributed by atoms with Gasteiger partial charge in [-0.3, -0.25) is 4.79 Å². The van der Waals surface area contributed by atoms with E-state index in [9.17, 15) is 18.5 Å². The van der Waals surface area contributed by atoms with Crippen LogP contribution in [-0.4, -0.2) is 20.5 Å². The third kappa shape index (κ3) is 5.54. The van der Waals surface area contributed by atoms with Crippen LogP contribution in [0.15, 0.2) is 53.4 Å².